The molecule has 2 aromatic carbocycles. The summed E-state index contributed by atoms with van der Waals surface area (Å²) in [6.07, 6.45) is -0.850. The molecule has 0 saturated heterocycles. The maximum atomic E-state index is 13.5. The van der Waals surface area contributed by atoms with Crippen LogP contribution in [0.15, 0.2) is 40.9 Å². The Kier molecular flexibility index (Phi) is 4.32. The maximum Gasteiger partial charge on any atom is 0.126 e. The van der Waals surface area contributed by atoms with Crippen LogP contribution in [-0.4, -0.2) is 5.11 Å². The van der Waals surface area contributed by atoms with Gasteiger partial charge in [0, 0.05) is 10.9 Å². The van der Waals surface area contributed by atoms with E-state index in [1.165, 1.54) is 0 Å². The minimum Gasteiger partial charge on any atom is -0.388 e. The van der Waals surface area contributed by atoms with Gasteiger partial charge in [0.2, 0.25) is 0 Å². The minimum atomic E-state index is -0.884. The first kappa shape index (κ1) is 14.2. The summed E-state index contributed by atoms with van der Waals surface area (Å²) in [7, 11) is 0. The van der Waals surface area contributed by atoms with Gasteiger partial charge in [-0.2, -0.15) is 0 Å². The lowest BCUT2D eigenvalue weighted by Crippen LogP contribution is -2.05. The van der Waals surface area contributed by atoms with Gasteiger partial charge in [-0.15, -0.1) is 0 Å². The van der Waals surface area contributed by atoms with Gasteiger partial charge in [-0.05, 0) is 41.8 Å². The molecule has 2 rings (SSSR count). The van der Waals surface area contributed by atoms with Crippen LogP contribution in [0.2, 0.25) is 0 Å². The van der Waals surface area contributed by atoms with E-state index in [1.54, 1.807) is 6.07 Å². The number of benzene rings is 2. The van der Waals surface area contributed by atoms with Gasteiger partial charge in [0.25, 0.3) is 0 Å². The van der Waals surface area contributed by atoms with Crippen molar-refractivity contribution in [1.82, 2.24) is 0 Å². The molecule has 100 valence electrons. The predicted molar refractivity (Wildman–Crippen MR) is 73.9 cm³/mol. The van der Waals surface area contributed by atoms with Gasteiger partial charge < -0.3 is 5.11 Å². The van der Waals surface area contributed by atoms with Gasteiger partial charge in [-0.3, -0.25) is 0 Å². The van der Waals surface area contributed by atoms with Crippen molar-refractivity contribution < 1.29 is 13.9 Å². The van der Waals surface area contributed by atoms with Crippen molar-refractivity contribution in [3.05, 3.63) is 69.2 Å². The SMILES string of the molecule is Cc1cccc(C(O)Cc2cc(F)ccc2F)c1Br. The summed E-state index contributed by atoms with van der Waals surface area (Å²) in [5.74, 6) is -1.02. The van der Waals surface area contributed by atoms with Crippen LogP contribution in [0.25, 0.3) is 0 Å². The number of hydrogen-bond acceptors (Lipinski definition) is 1. The average Bonchev–Trinajstić information content (AvgIpc) is 2.37. The molecule has 0 saturated carbocycles. The average molecular weight is 327 g/mol. The molecular weight excluding hydrogens is 314 g/mol. The fraction of sp³-hybridized carbons (Fsp3) is 0.200. The summed E-state index contributed by atoms with van der Waals surface area (Å²) in [4.78, 5) is 0. The number of aryl methyl sites for hydroxylation is 1. The second-order valence-corrected chi connectivity index (χ2v) is 5.23. The Morgan fingerprint density at radius 1 is 1.21 bits per heavy atom. The zero-order chi connectivity index (χ0) is 14.0. The summed E-state index contributed by atoms with van der Waals surface area (Å²) in [6, 6.07) is 8.74. The topological polar surface area (TPSA) is 20.2 Å². The lowest BCUT2D eigenvalue weighted by molar-refractivity contribution is 0.176. The first-order chi connectivity index (χ1) is 8.99. The quantitative estimate of drug-likeness (QED) is 0.891. The molecule has 2 aromatic rings. The van der Waals surface area contributed by atoms with Crippen LogP contribution >= 0.6 is 15.9 Å². The van der Waals surface area contributed by atoms with E-state index in [4.69, 9.17) is 0 Å². The smallest absolute Gasteiger partial charge is 0.126 e. The van der Waals surface area contributed by atoms with Crippen molar-refractivity contribution >= 4 is 15.9 Å². The van der Waals surface area contributed by atoms with Crippen LogP contribution in [-0.2, 0) is 6.42 Å². The van der Waals surface area contributed by atoms with Gasteiger partial charge in [0.05, 0.1) is 6.10 Å². The Morgan fingerprint density at radius 3 is 2.68 bits per heavy atom. The van der Waals surface area contributed by atoms with E-state index in [9.17, 15) is 13.9 Å². The van der Waals surface area contributed by atoms with Gasteiger partial charge in [-0.25, -0.2) is 8.78 Å². The van der Waals surface area contributed by atoms with Gasteiger partial charge >= 0.3 is 0 Å². The van der Waals surface area contributed by atoms with Crippen LogP contribution in [0, 0.1) is 18.6 Å². The molecule has 0 heterocycles. The summed E-state index contributed by atoms with van der Waals surface area (Å²) in [5.41, 5.74) is 1.82. The Bertz CT molecular complexity index is 599. The third-order valence-electron chi connectivity index (χ3n) is 3.00. The molecule has 0 aliphatic rings. The summed E-state index contributed by atoms with van der Waals surface area (Å²) in [5, 5.41) is 10.2. The van der Waals surface area contributed by atoms with Crippen LogP contribution in [0.4, 0.5) is 8.78 Å². The predicted octanol–water partition coefficient (Wildman–Crippen LogP) is 4.31. The summed E-state index contributed by atoms with van der Waals surface area (Å²) >= 11 is 3.40. The molecule has 0 aliphatic heterocycles. The van der Waals surface area contributed by atoms with Gasteiger partial charge in [0.15, 0.2) is 0 Å². The largest absolute Gasteiger partial charge is 0.388 e. The lowest BCUT2D eigenvalue weighted by atomic mass is 9.99. The molecule has 1 unspecified atom stereocenters. The van der Waals surface area contributed by atoms with Crippen molar-refractivity contribution in [2.45, 2.75) is 19.4 Å². The first-order valence-corrected chi connectivity index (χ1v) is 6.65. The number of aliphatic hydroxyl groups excluding tert-OH is 1. The Hall–Kier alpha value is -1.26. The van der Waals surface area contributed by atoms with Crippen molar-refractivity contribution in [1.29, 1.82) is 0 Å². The number of rotatable bonds is 3. The monoisotopic (exact) mass is 326 g/mol. The van der Waals surface area contributed by atoms with E-state index in [0.717, 1.165) is 28.2 Å². The molecule has 0 fully saturated rings. The molecule has 1 nitrogen and oxygen atoms in total. The third kappa shape index (κ3) is 3.19. The molecule has 0 aromatic heterocycles. The maximum absolute atomic E-state index is 13.5. The fourth-order valence-corrected chi connectivity index (χ4v) is 2.47. The van der Waals surface area contributed by atoms with E-state index in [-0.39, 0.29) is 12.0 Å². The Morgan fingerprint density at radius 2 is 1.95 bits per heavy atom. The zero-order valence-electron chi connectivity index (χ0n) is 10.3. The molecule has 0 aliphatic carbocycles. The van der Waals surface area contributed by atoms with E-state index in [2.05, 4.69) is 15.9 Å². The van der Waals surface area contributed by atoms with E-state index in [1.807, 2.05) is 19.1 Å². The standard InChI is InChI=1S/C15H13BrF2O/c1-9-3-2-4-12(15(9)16)14(19)8-10-7-11(17)5-6-13(10)18/h2-7,14,19H,8H2,1H3. The van der Waals surface area contributed by atoms with Crippen LogP contribution in [0.5, 0.6) is 0 Å². The second kappa shape index (κ2) is 5.80. The van der Waals surface area contributed by atoms with E-state index >= 15 is 0 Å². The molecule has 1 atom stereocenters. The van der Waals surface area contributed by atoms with Crippen molar-refractivity contribution in [2.75, 3.05) is 0 Å². The zero-order valence-corrected chi connectivity index (χ0v) is 11.9. The normalized spacial score (nSPS) is 12.5. The minimum absolute atomic E-state index is 0.0334. The molecule has 4 heteroatoms. The number of aliphatic hydroxyl groups is 1. The van der Waals surface area contributed by atoms with E-state index in [0.29, 0.717) is 5.56 Å². The van der Waals surface area contributed by atoms with Crippen LogP contribution in [0.1, 0.15) is 22.8 Å². The van der Waals surface area contributed by atoms with Crippen molar-refractivity contribution in [2.24, 2.45) is 0 Å². The molecule has 0 bridgehead atoms. The fourth-order valence-electron chi connectivity index (χ4n) is 1.95. The molecule has 0 amide bonds. The first-order valence-electron chi connectivity index (χ1n) is 5.86. The molecule has 0 spiro atoms. The Balaban J connectivity index is 2.28. The number of hydrogen-bond donors (Lipinski definition) is 1. The molecule has 0 radical (unpaired) electrons. The highest BCUT2D eigenvalue weighted by Gasteiger charge is 2.15. The molecule has 19 heavy (non-hydrogen) atoms. The summed E-state index contributed by atoms with van der Waals surface area (Å²) < 4.78 is 27.4. The van der Waals surface area contributed by atoms with Crippen molar-refractivity contribution in [3.8, 4) is 0 Å². The van der Waals surface area contributed by atoms with Crippen LogP contribution in [0.3, 0.4) is 0 Å². The third-order valence-corrected chi connectivity index (χ3v) is 4.08. The summed E-state index contributed by atoms with van der Waals surface area (Å²) in [6.45, 7) is 1.91. The number of halogens is 3. The highest BCUT2D eigenvalue weighted by Crippen LogP contribution is 2.29. The Labute approximate surface area is 119 Å². The second-order valence-electron chi connectivity index (χ2n) is 4.43. The highest BCUT2D eigenvalue weighted by molar-refractivity contribution is 9.10. The van der Waals surface area contributed by atoms with Crippen molar-refractivity contribution in [3.63, 3.8) is 0 Å². The van der Waals surface area contributed by atoms with Gasteiger partial charge in [-0.1, -0.05) is 34.1 Å². The highest BCUT2D eigenvalue weighted by atomic mass is 79.9. The van der Waals surface area contributed by atoms with Crippen LogP contribution < -0.4 is 0 Å². The molecule has 1 N–H and O–H groups in total. The lowest BCUT2D eigenvalue weighted by Gasteiger charge is -2.15. The van der Waals surface area contributed by atoms with E-state index < -0.39 is 17.7 Å². The molecular formula is C15H13BrF2O. The van der Waals surface area contributed by atoms with Gasteiger partial charge in [0.1, 0.15) is 11.6 Å².